The molecule has 4 aliphatic heterocycles. The van der Waals surface area contributed by atoms with E-state index in [2.05, 4.69) is 15.1 Å². The number of amides is 3. The van der Waals surface area contributed by atoms with Crippen LogP contribution in [0.4, 0.5) is 19.3 Å². The zero-order chi connectivity index (χ0) is 33.0. The Morgan fingerprint density at radius 3 is 2.24 bits per heavy atom. The van der Waals surface area contributed by atoms with E-state index in [0.717, 1.165) is 55.1 Å². The van der Waals surface area contributed by atoms with Gasteiger partial charge in [0.05, 0.1) is 23.6 Å². The topological polar surface area (TPSA) is 112 Å². The molecule has 2 aromatic rings. The van der Waals surface area contributed by atoms with Crippen LogP contribution in [0.1, 0.15) is 58.9 Å². The molecule has 12 nitrogen and oxygen atoms in total. The van der Waals surface area contributed by atoms with Crippen molar-refractivity contribution in [3.05, 3.63) is 28.7 Å². The number of anilines is 1. The van der Waals surface area contributed by atoms with Crippen molar-refractivity contribution in [3.8, 4) is 0 Å². The van der Waals surface area contributed by atoms with Crippen LogP contribution < -0.4 is 15.9 Å². The number of likely N-dealkylation sites (tertiary alicyclic amines) is 2. The van der Waals surface area contributed by atoms with Crippen molar-refractivity contribution in [1.29, 1.82) is 0 Å². The summed E-state index contributed by atoms with van der Waals surface area (Å²) < 4.78 is 38.9. The number of aromatic nitrogens is 2. The van der Waals surface area contributed by atoms with Crippen LogP contribution in [0, 0.1) is 0 Å². The number of imidazole rings is 1. The first-order chi connectivity index (χ1) is 21.7. The molecule has 1 N–H and O–H groups in total. The highest BCUT2D eigenvalue weighted by Gasteiger charge is 2.50. The Morgan fingerprint density at radius 1 is 0.913 bits per heavy atom. The maximum Gasteiger partial charge on any atom is 0.410 e. The first kappa shape index (κ1) is 32.4. The fourth-order valence-corrected chi connectivity index (χ4v) is 7.55. The summed E-state index contributed by atoms with van der Waals surface area (Å²) in [4.78, 5) is 57.5. The van der Waals surface area contributed by atoms with Gasteiger partial charge >= 0.3 is 11.8 Å². The molecule has 0 bridgehead atoms. The second-order valence-corrected chi connectivity index (χ2v) is 14.1. The van der Waals surface area contributed by atoms with Crippen molar-refractivity contribution in [2.45, 2.75) is 82.5 Å². The second kappa shape index (κ2) is 12.3. The molecule has 2 unspecified atom stereocenters. The summed E-state index contributed by atoms with van der Waals surface area (Å²) in [5.41, 5.74) is 1.38. The molecule has 4 saturated heterocycles. The van der Waals surface area contributed by atoms with Gasteiger partial charge in [-0.05, 0) is 64.7 Å². The quantitative estimate of drug-likeness (QED) is 0.506. The van der Waals surface area contributed by atoms with E-state index in [0.29, 0.717) is 31.1 Å². The number of nitrogens with zero attached hydrogens (tertiary/aromatic N) is 6. The number of piperazine rings is 1. The molecule has 4 aliphatic rings. The second-order valence-electron chi connectivity index (χ2n) is 14.1. The Morgan fingerprint density at radius 2 is 1.61 bits per heavy atom. The lowest BCUT2D eigenvalue weighted by Crippen LogP contribution is -2.62. The Balaban J connectivity index is 1.03. The van der Waals surface area contributed by atoms with Gasteiger partial charge in [0, 0.05) is 71.0 Å². The maximum absolute atomic E-state index is 15.3. The van der Waals surface area contributed by atoms with E-state index in [1.807, 2.05) is 23.1 Å². The van der Waals surface area contributed by atoms with E-state index < -0.39 is 42.2 Å². The van der Waals surface area contributed by atoms with Crippen LogP contribution in [-0.2, 0) is 21.4 Å². The third-order valence-corrected chi connectivity index (χ3v) is 9.94. The number of ether oxygens (including phenoxy) is 1. The van der Waals surface area contributed by atoms with Crippen LogP contribution in [0.25, 0.3) is 11.0 Å². The number of alkyl halides is 2. The van der Waals surface area contributed by atoms with Gasteiger partial charge < -0.3 is 14.5 Å². The average Bonchev–Trinajstić information content (AvgIpc) is 3.25. The van der Waals surface area contributed by atoms with Crippen molar-refractivity contribution in [3.63, 3.8) is 0 Å². The Bertz CT molecular complexity index is 1550. The maximum atomic E-state index is 15.3. The molecule has 1 aromatic carbocycles. The van der Waals surface area contributed by atoms with Gasteiger partial charge in [-0.25, -0.2) is 18.4 Å². The summed E-state index contributed by atoms with van der Waals surface area (Å²) in [6.45, 7) is 9.35. The summed E-state index contributed by atoms with van der Waals surface area (Å²) in [6.07, 6.45) is 1.68. The number of rotatable bonds is 4. The zero-order valence-corrected chi connectivity index (χ0v) is 27.1. The number of fused-ring (bicyclic) bond motifs is 1. The molecule has 3 amide bonds. The molecule has 1 aromatic heterocycles. The number of carbonyl (C=O) groups is 3. The fraction of sp³-hybridized carbons (Fsp3) is 0.688. The standard InChI is InChI=1S/C32H45F2N7O5/c1-31(2,3)46-30(45)40-14-11-26(32(33,34)20-40)39-12-9-21(10-13-39)37-15-17-38(18-16-37)22-5-6-23-25(19-22)36(4)29(44)41(23)24-7-8-27(42)35-28(24)43/h5-6,19,21,24,26H,7-18,20H2,1-4H3,(H,35,42,43). The Hall–Kier alpha value is -3.52. The predicted molar refractivity (Wildman–Crippen MR) is 168 cm³/mol. The van der Waals surface area contributed by atoms with Crippen molar-refractivity contribution in [2.24, 2.45) is 7.05 Å². The van der Waals surface area contributed by atoms with Gasteiger partial charge in [0.2, 0.25) is 11.8 Å². The third-order valence-electron chi connectivity index (χ3n) is 9.94. The molecule has 14 heteroatoms. The molecule has 46 heavy (non-hydrogen) atoms. The molecule has 0 spiro atoms. The Labute approximate surface area is 267 Å². The van der Waals surface area contributed by atoms with Gasteiger partial charge in [-0.3, -0.25) is 33.8 Å². The lowest BCUT2D eigenvalue weighted by molar-refractivity contribution is -0.135. The minimum absolute atomic E-state index is 0.197. The van der Waals surface area contributed by atoms with Crippen LogP contribution >= 0.6 is 0 Å². The minimum Gasteiger partial charge on any atom is -0.444 e. The highest BCUT2D eigenvalue weighted by molar-refractivity contribution is 6.00. The van der Waals surface area contributed by atoms with Crippen LogP contribution in [-0.4, -0.2) is 118 Å². The summed E-state index contributed by atoms with van der Waals surface area (Å²) in [5.74, 6) is -3.77. The number of imide groups is 1. The smallest absolute Gasteiger partial charge is 0.410 e. The largest absolute Gasteiger partial charge is 0.444 e. The molecule has 0 radical (unpaired) electrons. The molecular formula is C32H45F2N7O5. The molecule has 5 heterocycles. The first-order valence-corrected chi connectivity index (χ1v) is 16.4. The minimum atomic E-state index is -3.00. The number of hydrogen-bond donors (Lipinski definition) is 1. The lowest BCUT2D eigenvalue weighted by Gasteiger charge is -2.48. The zero-order valence-electron chi connectivity index (χ0n) is 27.1. The van der Waals surface area contributed by atoms with E-state index in [1.54, 1.807) is 32.4 Å². The number of aryl methyl sites for hydroxylation is 1. The number of carbonyl (C=O) groups excluding carboxylic acids is 3. The predicted octanol–water partition coefficient (Wildman–Crippen LogP) is 2.55. The summed E-state index contributed by atoms with van der Waals surface area (Å²) in [6, 6.07) is 4.59. The molecule has 6 rings (SSSR count). The molecule has 252 valence electrons. The van der Waals surface area contributed by atoms with Gasteiger partial charge in [0.25, 0.3) is 5.92 Å². The Kier molecular flexibility index (Phi) is 8.64. The first-order valence-electron chi connectivity index (χ1n) is 16.4. The van der Waals surface area contributed by atoms with Crippen molar-refractivity contribution in [1.82, 2.24) is 29.2 Å². The number of piperidine rings is 3. The van der Waals surface area contributed by atoms with Gasteiger partial charge in [0.15, 0.2) is 0 Å². The van der Waals surface area contributed by atoms with Crippen LogP contribution in [0.15, 0.2) is 23.0 Å². The summed E-state index contributed by atoms with van der Waals surface area (Å²) >= 11 is 0. The van der Waals surface area contributed by atoms with Crippen LogP contribution in [0.3, 0.4) is 0 Å². The molecule has 4 fully saturated rings. The van der Waals surface area contributed by atoms with E-state index >= 15 is 8.78 Å². The molecule has 0 saturated carbocycles. The van der Waals surface area contributed by atoms with Gasteiger partial charge in [-0.1, -0.05) is 0 Å². The van der Waals surface area contributed by atoms with E-state index in [1.165, 1.54) is 4.57 Å². The van der Waals surface area contributed by atoms with Crippen molar-refractivity contribution in [2.75, 3.05) is 57.3 Å². The molecule has 2 atom stereocenters. The number of hydrogen-bond acceptors (Lipinski definition) is 8. The van der Waals surface area contributed by atoms with E-state index in [9.17, 15) is 19.2 Å². The van der Waals surface area contributed by atoms with E-state index in [4.69, 9.17) is 4.74 Å². The average molecular weight is 646 g/mol. The van der Waals surface area contributed by atoms with Crippen LogP contribution in [0.2, 0.25) is 0 Å². The van der Waals surface area contributed by atoms with Crippen LogP contribution in [0.5, 0.6) is 0 Å². The van der Waals surface area contributed by atoms with E-state index in [-0.39, 0.29) is 31.0 Å². The molecular weight excluding hydrogens is 600 g/mol. The highest BCUT2D eigenvalue weighted by Crippen LogP contribution is 2.35. The van der Waals surface area contributed by atoms with Gasteiger partial charge in [-0.15, -0.1) is 0 Å². The lowest BCUT2D eigenvalue weighted by atomic mass is 9.94. The summed E-state index contributed by atoms with van der Waals surface area (Å²) in [5, 5.41) is 2.34. The number of nitrogens with one attached hydrogen (secondary N) is 1. The summed E-state index contributed by atoms with van der Waals surface area (Å²) in [7, 11) is 1.70. The SMILES string of the molecule is Cn1c(=O)n(C2CCC(=O)NC2=O)c2ccc(N3CCN(C4CCN(C5CCN(C(=O)OC(C)(C)C)CC5(F)F)CC4)CC3)cc21. The van der Waals surface area contributed by atoms with Crippen molar-refractivity contribution >= 4 is 34.6 Å². The van der Waals surface area contributed by atoms with Crippen molar-refractivity contribution < 1.29 is 27.9 Å². The molecule has 0 aliphatic carbocycles. The third kappa shape index (κ3) is 6.38. The number of halogens is 2. The normalized spacial score (nSPS) is 25.6. The van der Waals surface area contributed by atoms with Gasteiger partial charge in [0.1, 0.15) is 11.6 Å². The fourth-order valence-electron chi connectivity index (χ4n) is 7.55. The number of benzene rings is 1. The van der Waals surface area contributed by atoms with Gasteiger partial charge in [-0.2, -0.15) is 0 Å². The highest BCUT2D eigenvalue weighted by atomic mass is 19.3. The monoisotopic (exact) mass is 645 g/mol.